The summed E-state index contributed by atoms with van der Waals surface area (Å²) in [6.07, 6.45) is 0.330. The average Bonchev–Trinajstić information content (AvgIpc) is 3.03. The summed E-state index contributed by atoms with van der Waals surface area (Å²) >= 11 is 0. The minimum atomic E-state index is -0.881. The SMILES string of the molecule is Cc1cc(F)ccc1-c1ccc(CCC(=O)O)n1-c1ccc(C(N)=O)cc1C. The van der Waals surface area contributed by atoms with Crippen LogP contribution in [0, 0.1) is 19.7 Å². The van der Waals surface area contributed by atoms with E-state index < -0.39 is 11.9 Å². The number of aryl methyl sites for hydroxylation is 3. The van der Waals surface area contributed by atoms with Crippen LogP contribution in [0.15, 0.2) is 48.5 Å². The normalized spacial score (nSPS) is 10.8. The Labute approximate surface area is 162 Å². The van der Waals surface area contributed by atoms with Crippen molar-refractivity contribution < 1.29 is 19.1 Å². The number of primary amides is 1. The molecule has 0 aliphatic rings. The zero-order valence-electron chi connectivity index (χ0n) is 15.7. The van der Waals surface area contributed by atoms with Gasteiger partial charge >= 0.3 is 5.97 Å². The van der Waals surface area contributed by atoms with Crippen molar-refractivity contribution in [1.29, 1.82) is 0 Å². The Balaban J connectivity index is 2.20. The van der Waals surface area contributed by atoms with Crippen molar-refractivity contribution in [3.05, 3.63) is 76.7 Å². The Kier molecular flexibility index (Phi) is 5.31. The van der Waals surface area contributed by atoms with Crippen molar-refractivity contribution in [3.63, 3.8) is 0 Å². The molecule has 3 rings (SSSR count). The average molecular weight is 380 g/mol. The lowest BCUT2D eigenvalue weighted by Gasteiger charge is -2.18. The van der Waals surface area contributed by atoms with E-state index in [2.05, 4.69) is 0 Å². The van der Waals surface area contributed by atoms with E-state index in [1.165, 1.54) is 12.1 Å². The van der Waals surface area contributed by atoms with Crippen LogP contribution >= 0.6 is 0 Å². The maximum atomic E-state index is 13.6. The number of aliphatic carboxylic acids is 1. The quantitative estimate of drug-likeness (QED) is 0.677. The number of carboxylic acid groups (broad SMARTS) is 1. The Morgan fingerprint density at radius 2 is 1.79 bits per heavy atom. The molecule has 0 aliphatic heterocycles. The van der Waals surface area contributed by atoms with Crippen LogP contribution in [0.1, 0.15) is 33.6 Å². The van der Waals surface area contributed by atoms with Crippen LogP contribution in [0.25, 0.3) is 16.9 Å². The number of nitrogens with zero attached hydrogens (tertiary/aromatic N) is 1. The molecule has 3 aromatic rings. The molecule has 0 bridgehead atoms. The summed E-state index contributed by atoms with van der Waals surface area (Å²) in [6, 6.07) is 13.5. The third kappa shape index (κ3) is 3.81. The van der Waals surface area contributed by atoms with E-state index in [0.717, 1.165) is 33.8 Å². The summed E-state index contributed by atoms with van der Waals surface area (Å²) in [5.41, 5.74) is 10.7. The topological polar surface area (TPSA) is 85.3 Å². The molecule has 5 nitrogen and oxygen atoms in total. The third-order valence-corrected chi connectivity index (χ3v) is 4.74. The maximum absolute atomic E-state index is 13.6. The molecule has 1 heterocycles. The Bertz CT molecular complexity index is 1070. The van der Waals surface area contributed by atoms with Gasteiger partial charge in [0.15, 0.2) is 0 Å². The van der Waals surface area contributed by atoms with Crippen LogP contribution in [0.2, 0.25) is 0 Å². The number of aromatic nitrogens is 1. The number of halogens is 1. The molecular weight excluding hydrogens is 359 g/mol. The molecule has 144 valence electrons. The molecule has 0 radical (unpaired) electrons. The van der Waals surface area contributed by atoms with Gasteiger partial charge in [-0.05, 0) is 79.9 Å². The van der Waals surface area contributed by atoms with Crippen LogP contribution in [0.4, 0.5) is 4.39 Å². The predicted octanol–water partition coefficient (Wildman–Crippen LogP) is 4.02. The monoisotopic (exact) mass is 380 g/mol. The van der Waals surface area contributed by atoms with E-state index in [9.17, 15) is 14.0 Å². The molecular formula is C22H21FN2O3. The largest absolute Gasteiger partial charge is 0.481 e. The lowest BCUT2D eigenvalue weighted by Crippen LogP contribution is -2.12. The number of rotatable bonds is 6. The van der Waals surface area contributed by atoms with E-state index in [-0.39, 0.29) is 12.2 Å². The van der Waals surface area contributed by atoms with Crippen molar-refractivity contribution >= 4 is 11.9 Å². The number of hydrogen-bond acceptors (Lipinski definition) is 2. The van der Waals surface area contributed by atoms with E-state index in [1.54, 1.807) is 24.3 Å². The number of carboxylic acids is 1. The highest BCUT2D eigenvalue weighted by Crippen LogP contribution is 2.31. The molecule has 0 unspecified atom stereocenters. The van der Waals surface area contributed by atoms with E-state index in [4.69, 9.17) is 10.8 Å². The lowest BCUT2D eigenvalue weighted by molar-refractivity contribution is -0.136. The van der Waals surface area contributed by atoms with Gasteiger partial charge in [-0.3, -0.25) is 9.59 Å². The molecule has 1 amide bonds. The highest BCUT2D eigenvalue weighted by Gasteiger charge is 2.17. The Hall–Kier alpha value is -3.41. The molecule has 2 aromatic carbocycles. The van der Waals surface area contributed by atoms with Crippen molar-refractivity contribution in [2.75, 3.05) is 0 Å². The fourth-order valence-electron chi connectivity index (χ4n) is 3.38. The molecule has 28 heavy (non-hydrogen) atoms. The predicted molar refractivity (Wildman–Crippen MR) is 105 cm³/mol. The summed E-state index contributed by atoms with van der Waals surface area (Å²) in [4.78, 5) is 22.5. The fourth-order valence-corrected chi connectivity index (χ4v) is 3.38. The van der Waals surface area contributed by atoms with Crippen molar-refractivity contribution in [2.24, 2.45) is 5.73 Å². The standard InChI is InChI=1S/C22H21FN2O3/c1-13-12-16(23)4-7-18(13)20-9-5-17(6-10-21(26)27)25(20)19-8-3-15(22(24)28)11-14(19)2/h3-5,7-9,11-12H,6,10H2,1-2H3,(H2,24,28)(H,26,27). The van der Waals surface area contributed by atoms with Crippen molar-refractivity contribution in [1.82, 2.24) is 4.57 Å². The van der Waals surface area contributed by atoms with Crippen LogP contribution in [0.5, 0.6) is 0 Å². The van der Waals surface area contributed by atoms with Gasteiger partial charge in [0.2, 0.25) is 5.91 Å². The van der Waals surface area contributed by atoms with Gasteiger partial charge in [0.05, 0.1) is 12.1 Å². The minimum Gasteiger partial charge on any atom is -0.481 e. The lowest BCUT2D eigenvalue weighted by atomic mass is 10.0. The van der Waals surface area contributed by atoms with Gasteiger partial charge in [0.1, 0.15) is 5.82 Å². The molecule has 0 aliphatic carbocycles. The van der Waals surface area contributed by atoms with Gasteiger partial charge in [0.25, 0.3) is 0 Å². The molecule has 1 aromatic heterocycles. The van der Waals surface area contributed by atoms with E-state index in [0.29, 0.717) is 12.0 Å². The Morgan fingerprint density at radius 1 is 1.04 bits per heavy atom. The van der Waals surface area contributed by atoms with Gasteiger partial charge in [0, 0.05) is 22.5 Å². The zero-order chi connectivity index (χ0) is 20.4. The highest BCUT2D eigenvalue weighted by molar-refractivity contribution is 5.93. The summed E-state index contributed by atoms with van der Waals surface area (Å²) in [6.45, 7) is 3.69. The Morgan fingerprint density at radius 3 is 2.39 bits per heavy atom. The van der Waals surface area contributed by atoms with E-state index >= 15 is 0 Å². The van der Waals surface area contributed by atoms with E-state index in [1.807, 2.05) is 30.5 Å². The number of carbonyl (C=O) groups is 2. The minimum absolute atomic E-state index is 0.00965. The second kappa shape index (κ2) is 7.68. The number of benzene rings is 2. The number of hydrogen-bond donors (Lipinski definition) is 2. The summed E-state index contributed by atoms with van der Waals surface area (Å²) in [5.74, 6) is -1.71. The molecule has 6 heteroatoms. The van der Waals surface area contributed by atoms with Gasteiger partial charge in [-0.1, -0.05) is 0 Å². The smallest absolute Gasteiger partial charge is 0.303 e. The summed E-state index contributed by atoms with van der Waals surface area (Å²) < 4.78 is 15.5. The second-order valence-corrected chi connectivity index (χ2v) is 6.76. The molecule has 0 atom stereocenters. The molecule has 0 saturated carbocycles. The maximum Gasteiger partial charge on any atom is 0.303 e. The number of nitrogens with two attached hydrogens (primary N) is 1. The third-order valence-electron chi connectivity index (χ3n) is 4.74. The highest BCUT2D eigenvalue weighted by atomic mass is 19.1. The van der Waals surface area contributed by atoms with Crippen molar-refractivity contribution in [2.45, 2.75) is 26.7 Å². The van der Waals surface area contributed by atoms with Crippen molar-refractivity contribution in [3.8, 4) is 16.9 Å². The van der Waals surface area contributed by atoms with Crippen LogP contribution in [-0.2, 0) is 11.2 Å². The molecule has 0 spiro atoms. The first-order valence-electron chi connectivity index (χ1n) is 8.87. The first-order chi connectivity index (χ1) is 13.3. The first-order valence-corrected chi connectivity index (χ1v) is 8.87. The van der Waals surface area contributed by atoms with Gasteiger partial charge < -0.3 is 15.4 Å². The fraction of sp³-hybridized carbons (Fsp3) is 0.182. The molecule has 3 N–H and O–H groups in total. The zero-order valence-corrected chi connectivity index (χ0v) is 15.7. The number of amides is 1. The van der Waals surface area contributed by atoms with Gasteiger partial charge in [-0.15, -0.1) is 0 Å². The van der Waals surface area contributed by atoms with Crippen LogP contribution in [0.3, 0.4) is 0 Å². The van der Waals surface area contributed by atoms with Crippen LogP contribution < -0.4 is 5.73 Å². The summed E-state index contributed by atoms with van der Waals surface area (Å²) in [7, 11) is 0. The second-order valence-electron chi connectivity index (χ2n) is 6.76. The van der Waals surface area contributed by atoms with Gasteiger partial charge in [-0.25, -0.2) is 4.39 Å². The van der Waals surface area contributed by atoms with Crippen LogP contribution in [-0.4, -0.2) is 21.6 Å². The van der Waals surface area contributed by atoms with Gasteiger partial charge in [-0.2, -0.15) is 0 Å². The molecule has 0 saturated heterocycles. The number of carbonyl (C=O) groups excluding carboxylic acids is 1. The molecule has 0 fully saturated rings. The summed E-state index contributed by atoms with van der Waals surface area (Å²) in [5, 5.41) is 9.08. The first kappa shape index (κ1) is 19.4.